The number of amidine groups is 1. The second kappa shape index (κ2) is 6.03. The summed E-state index contributed by atoms with van der Waals surface area (Å²) in [5.74, 6) is 1.19. The second-order valence-corrected chi connectivity index (χ2v) is 2.58. The molecule has 0 spiro atoms. The molecule has 0 amide bonds. The van der Waals surface area contributed by atoms with Crippen molar-refractivity contribution in [3.05, 3.63) is 12.7 Å². The Kier molecular flexibility index (Phi) is 5.76. The van der Waals surface area contributed by atoms with Crippen LogP contribution in [-0.4, -0.2) is 41.8 Å². The van der Waals surface area contributed by atoms with E-state index in [9.17, 15) is 0 Å². The van der Waals surface area contributed by atoms with Gasteiger partial charge in [-0.1, -0.05) is 6.08 Å². The van der Waals surface area contributed by atoms with Crippen LogP contribution in [0.2, 0.25) is 0 Å². The maximum absolute atomic E-state index is 8.70. The van der Waals surface area contributed by atoms with Crippen LogP contribution < -0.4 is 17.7 Å². The van der Waals surface area contributed by atoms with Gasteiger partial charge in [0.25, 0.3) is 0 Å². The van der Waals surface area contributed by atoms with E-state index in [0.717, 1.165) is 26.1 Å². The van der Waals surface area contributed by atoms with E-state index in [0.29, 0.717) is 0 Å². The molecule has 1 heterocycles. The standard InChI is InChI=1S/C8H14N2O.ClH/c1-2-3-8-9-4-5-10(8)6-7-11;/h2,11H,1,3-7H2;1H. The van der Waals surface area contributed by atoms with Crippen molar-refractivity contribution in [2.75, 3.05) is 26.2 Å². The number of aliphatic hydroxyl groups is 1. The normalized spacial score (nSPS) is 15.4. The first-order valence-corrected chi connectivity index (χ1v) is 3.95. The van der Waals surface area contributed by atoms with Crippen LogP contribution in [0.25, 0.3) is 0 Å². The molecule has 0 aromatic rings. The number of β-amino-alcohol motifs (C(OH)–C–C–N with tert-alkyl or cyclic N) is 1. The molecule has 2 N–H and O–H groups in total. The minimum atomic E-state index is 0. The van der Waals surface area contributed by atoms with Crippen LogP contribution in [0, 0.1) is 0 Å². The first-order chi connectivity index (χ1) is 5.38. The monoisotopic (exact) mass is 190 g/mol. The van der Waals surface area contributed by atoms with Crippen LogP contribution in [0.5, 0.6) is 0 Å². The summed E-state index contributed by atoms with van der Waals surface area (Å²) in [5.41, 5.74) is 0. The fourth-order valence-corrected chi connectivity index (χ4v) is 1.29. The molecule has 0 atom stereocenters. The van der Waals surface area contributed by atoms with Gasteiger partial charge in [-0.2, -0.15) is 0 Å². The van der Waals surface area contributed by atoms with Gasteiger partial charge in [-0.05, 0) is 0 Å². The van der Waals surface area contributed by atoms with Gasteiger partial charge in [-0.25, -0.2) is 0 Å². The van der Waals surface area contributed by atoms with Crippen LogP contribution in [0.3, 0.4) is 0 Å². The molecule has 0 bridgehead atoms. The van der Waals surface area contributed by atoms with Crippen LogP contribution in [0.1, 0.15) is 6.42 Å². The Balaban J connectivity index is 0.00000121. The van der Waals surface area contributed by atoms with Gasteiger partial charge in [0.05, 0.1) is 13.0 Å². The fourth-order valence-electron chi connectivity index (χ4n) is 1.29. The highest BCUT2D eigenvalue weighted by Crippen LogP contribution is 1.92. The van der Waals surface area contributed by atoms with Gasteiger partial charge in [-0.15, -0.1) is 6.58 Å². The average Bonchev–Trinajstić information content (AvgIpc) is 2.39. The summed E-state index contributed by atoms with van der Waals surface area (Å²) < 4.78 is 2.15. The highest BCUT2D eigenvalue weighted by atomic mass is 35.5. The number of nitrogens with one attached hydrogen (secondary N) is 1. The molecule has 0 aromatic carbocycles. The molecule has 12 heavy (non-hydrogen) atoms. The van der Waals surface area contributed by atoms with Crippen LogP contribution in [0.15, 0.2) is 12.7 Å². The van der Waals surface area contributed by atoms with Crippen molar-refractivity contribution in [3.63, 3.8) is 0 Å². The summed E-state index contributed by atoms with van der Waals surface area (Å²) in [6.45, 7) is 6.62. The zero-order valence-electron chi connectivity index (χ0n) is 7.09. The van der Waals surface area contributed by atoms with Crippen molar-refractivity contribution in [2.24, 2.45) is 0 Å². The zero-order valence-corrected chi connectivity index (χ0v) is 7.85. The number of rotatable bonds is 4. The van der Waals surface area contributed by atoms with Crippen molar-refractivity contribution in [3.8, 4) is 0 Å². The highest BCUT2D eigenvalue weighted by molar-refractivity contribution is 5.79. The van der Waals surface area contributed by atoms with Crippen LogP contribution >= 0.6 is 0 Å². The minimum absolute atomic E-state index is 0. The largest absolute Gasteiger partial charge is 1.00 e. The third-order valence-electron chi connectivity index (χ3n) is 1.80. The quantitative estimate of drug-likeness (QED) is 0.358. The van der Waals surface area contributed by atoms with Crippen molar-refractivity contribution in [2.45, 2.75) is 6.42 Å². The van der Waals surface area contributed by atoms with E-state index in [4.69, 9.17) is 5.11 Å². The molecule has 70 valence electrons. The molecule has 1 aliphatic rings. The van der Waals surface area contributed by atoms with E-state index in [1.54, 1.807) is 0 Å². The molecule has 0 aliphatic carbocycles. The first-order valence-electron chi connectivity index (χ1n) is 3.95. The molecule has 1 rings (SSSR count). The molecule has 0 radical (unpaired) electrons. The van der Waals surface area contributed by atoms with Crippen molar-refractivity contribution in [1.82, 2.24) is 5.32 Å². The first kappa shape index (κ1) is 11.5. The lowest BCUT2D eigenvalue weighted by molar-refractivity contribution is -0.521. The van der Waals surface area contributed by atoms with Crippen LogP contribution in [-0.2, 0) is 0 Å². The number of hydrogen-bond acceptors (Lipinski definition) is 2. The van der Waals surface area contributed by atoms with E-state index < -0.39 is 0 Å². The van der Waals surface area contributed by atoms with E-state index in [1.165, 1.54) is 5.84 Å². The molecule has 0 aromatic heterocycles. The summed E-state index contributed by atoms with van der Waals surface area (Å²) in [6.07, 6.45) is 2.75. The number of halogens is 1. The third-order valence-corrected chi connectivity index (χ3v) is 1.80. The minimum Gasteiger partial charge on any atom is -1.00 e. The molecule has 0 saturated carbocycles. The molecule has 0 unspecified atom stereocenters. The predicted molar refractivity (Wildman–Crippen MR) is 44.9 cm³/mol. The molecule has 4 heteroatoms. The lowest BCUT2D eigenvalue weighted by Crippen LogP contribution is -3.00. The maximum atomic E-state index is 8.70. The second-order valence-electron chi connectivity index (χ2n) is 2.58. The van der Waals surface area contributed by atoms with Gasteiger partial charge in [0.2, 0.25) is 5.84 Å². The number of aliphatic hydroxyl groups excluding tert-OH is 1. The van der Waals surface area contributed by atoms with Gasteiger partial charge in [0, 0.05) is 0 Å². The third kappa shape index (κ3) is 2.83. The van der Waals surface area contributed by atoms with Gasteiger partial charge < -0.3 is 17.5 Å². The molecule has 3 nitrogen and oxygen atoms in total. The SMILES string of the molecule is C=CCC1=[N+](CCO)CCN1.[Cl-]. The van der Waals surface area contributed by atoms with Gasteiger partial charge in [0.1, 0.15) is 19.6 Å². The molecular formula is C8H15ClN2O. The van der Waals surface area contributed by atoms with Crippen LogP contribution in [0.4, 0.5) is 0 Å². The summed E-state index contributed by atoms with van der Waals surface area (Å²) in [6, 6.07) is 0. The molecule has 1 aliphatic heterocycles. The van der Waals surface area contributed by atoms with Gasteiger partial charge in [0.15, 0.2) is 0 Å². The summed E-state index contributed by atoms with van der Waals surface area (Å²) in [4.78, 5) is 0. The topological polar surface area (TPSA) is 35.3 Å². The van der Waals surface area contributed by atoms with E-state index in [1.807, 2.05) is 6.08 Å². The lowest BCUT2D eigenvalue weighted by atomic mass is 10.4. The van der Waals surface area contributed by atoms with E-state index >= 15 is 0 Å². The summed E-state index contributed by atoms with van der Waals surface area (Å²) in [5, 5.41) is 12.0. The molecular weight excluding hydrogens is 176 g/mol. The smallest absolute Gasteiger partial charge is 0.248 e. The Hall–Kier alpha value is -0.540. The Bertz CT molecular complexity index is 180. The Labute approximate surface area is 79.2 Å². The molecule has 0 fully saturated rings. The van der Waals surface area contributed by atoms with Crippen molar-refractivity contribution < 1.29 is 22.1 Å². The van der Waals surface area contributed by atoms with E-state index in [-0.39, 0.29) is 19.0 Å². The number of hydrogen-bond donors (Lipinski definition) is 2. The highest BCUT2D eigenvalue weighted by Gasteiger charge is 2.17. The Morgan fingerprint density at radius 2 is 2.42 bits per heavy atom. The Morgan fingerprint density at radius 1 is 1.67 bits per heavy atom. The van der Waals surface area contributed by atoms with Gasteiger partial charge in [-0.3, -0.25) is 9.89 Å². The lowest BCUT2D eigenvalue weighted by Gasteiger charge is -1.98. The predicted octanol–water partition coefficient (Wildman–Crippen LogP) is -3.43. The summed E-state index contributed by atoms with van der Waals surface area (Å²) >= 11 is 0. The van der Waals surface area contributed by atoms with Gasteiger partial charge >= 0.3 is 0 Å². The average molecular weight is 191 g/mol. The van der Waals surface area contributed by atoms with E-state index in [2.05, 4.69) is 16.5 Å². The zero-order chi connectivity index (χ0) is 8.10. The molecule has 0 saturated heterocycles. The number of nitrogens with zero attached hydrogens (tertiary/aromatic N) is 1. The van der Waals surface area contributed by atoms with Crippen molar-refractivity contribution in [1.29, 1.82) is 0 Å². The Morgan fingerprint density at radius 3 is 3.00 bits per heavy atom. The maximum Gasteiger partial charge on any atom is 0.248 e. The fraction of sp³-hybridized carbons (Fsp3) is 0.625. The summed E-state index contributed by atoms with van der Waals surface area (Å²) in [7, 11) is 0. The van der Waals surface area contributed by atoms with Crippen molar-refractivity contribution >= 4 is 5.84 Å².